The number of benzene rings is 2. The van der Waals surface area contributed by atoms with E-state index in [0.29, 0.717) is 23.3 Å². The molecular formula is C22H24ClN5O2S. The van der Waals surface area contributed by atoms with E-state index in [2.05, 4.69) is 27.6 Å². The molecule has 0 radical (unpaired) electrons. The molecular weight excluding hydrogens is 434 g/mol. The van der Waals surface area contributed by atoms with Crippen molar-refractivity contribution in [1.82, 2.24) is 20.2 Å². The SMILES string of the molecule is CCCOc1ccc(/C=N/NC(=O)CSc2nnc(-c3ccc(Cl)cc3)n2CC)cc1. The Morgan fingerprint density at radius 3 is 2.58 bits per heavy atom. The van der Waals surface area contributed by atoms with Crippen molar-refractivity contribution in [1.29, 1.82) is 0 Å². The molecule has 0 aliphatic rings. The first kappa shape index (κ1) is 22.8. The third kappa shape index (κ3) is 6.57. The van der Waals surface area contributed by atoms with Gasteiger partial charge in [0.25, 0.3) is 5.91 Å². The third-order valence-corrected chi connectivity index (χ3v) is 5.44. The quantitative estimate of drug-likeness (QED) is 0.272. The molecule has 3 aromatic rings. The standard InChI is InChI=1S/C22H24ClN5O2S/c1-3-13-30-19-11-5-16(6-12-19)14-24-25-20(29)15-31-22-27-26-21(28(22)4-2)17-7-9-18(23)10-8-17/h5-12,14H,3-4,13,15H2,1-2H3,(H,25,29)/b24-14+. The maximum atomic E-state index is 12.2. The predicted octanol–water partition coefficient (Wildman–Crippen LogP) is 4.65. The highest BCUT2D eigenvalue weighted by molar-refractivity contribution is 7.99. The number of nitrogens with one attached hydrogen (secondary N) is 1. The number of nitrogens with zero attached hydrogens (tertiary/aromatic N) is 4. The van der Waals surface area contributed by atoms with E-state index in [-0.39, 0.29) is 11.7 Å². The van der Waals surface area contributed by atoms with Crippen molar-refractivity contribution in [2.75, 3.05) is 12.4 Å². The summed E-state index contributed by atoms with van der Waals surface area (Å²) >= 11 is 7.28. The van der Waals surface area contributed by atoms with Crippen LogP contribution in [0.25, 0.3) is 11.4 Å². The van der Waals surface area contributed by atoms with Crippen molar-refractivity contribution < 1.29 is 9.53 Å². The van der Waals surface area contributed by atoms with Gasteiger partial charge in [-0.1, -0.05) is 30.3 Å². The molecule has 0 aliphatic carbocycles. The molecule has 0 saturated carbocycles. The van der Waals surface area contributed by atoms with Crippen molar-refractivity contribution in [2.45, 2.75) is 32.0 Å². The maximum absolute atomic E-state index is 12.2. The van der Waals surface area contributed by atoms with Gasteiger partial charge in [-0.05, 0) is 67.4 Å². The minimum Gasteiger partial charge on any atom is -0.494 e. The van der Waals surface area contributed by atoms with Gasteiger partial charge in [0.15, 0.2) is 11.0 Å². The van der Waals surface area contributed by atoms with Crippen LogP contribution in [0.15, 0.2) is 58.8 Å². The zero-order valence-corrected chi connectivity index (χ0v) is 19.0. The lowest BCUT2D eigenvalue weighted by Gasteiger charge is -2.07. The van der Waals surface area contributed by atoms with Crippen molar-refractivity contribution >= 4 is 35.5 Å². The summed E-state index contributed by atoms with van der Waals surface area (Å²) in [5, 5.41) is 13.9. The Bertz CT molecular complexity index is 1020. The van der Waals surface area contributed by atoms with E-state index in [9.17, 15) is 4.79 Å². The van der Waals surface area contributed by atoms with E-state index in [1.54, 1.807) is 6.21 Å². The van der Waals surface area contributed by atoms with Crippen LogP contribution in [0.2, 0.25) is 5.02 Å². The number of halogens is 1. The van der Waals surface area contributed by atoms with Gasteiger partial charge >= 0.3 is 0 Å². The topological polar surface area (TPSA) is 81.4 Å². The first-order valence-corrected chi connectivity index (χ1v) is 11.3. The van der Waals surface area contributed by atoms with Crippen LogP contribution in [0, 0.1) is 0 Å². The molecule has 31 heavy (non-hydrogen) atoms. The van der Waals surface area contributed by atoms with E-state index in [4.69, 9.17) is 16.3 Å². The molecule has 1 N–H and O–H groups in total. The van der Waals surface area contributed by atoms with E-state index >= 15 is 0 Å². The minimum atomic E-state index is -0.220. The van der Waals surface area contributed by atoms with Gasteiger partial charge in [-0.15, -0.1) is 10.2 Å². The van der Waals surface area contributed by atoms with E-state index in [1.807, 2.05) is 60.0 Å². The monoisotopic (exact) mass is 457 g/mol. The number of ether oxygens (including phenoxy) is 1. The highest BCUT2D eigenvalue weighted by atomic mass is 35.5. The normalized spacial score (nSPS) is 11.1. The molecule has 162 valence electrons. The Balaban J connectivity index is 1.52. The maximum Gasteiger partial charge on any atom is 0.250 e. The average molecular weight is 458 g/mol. The molecule has 0 bridgehead atoms. The predicted molar refractivity (Wildman–Crippen MR) is 125 cm³/mol. The van der Waals surface area contributed by atoms with E-state index in [0.717, 1.165) is 29.1 Å². The summed E-state index contributed by atoms with van der Waals surface area (Å²) in [5.41, 5.74) is 4.33. The van der Waals surface area contributed by atoms with Crippen LogP contribution >= 0.6 is 23.4 Å². The zero-order valence-electron chi connectivity index (χ0n) is 17.4. The molecule has 9 heteroatoms. The van der Waals surface area contributed by atoms with Gasteiger partial charge in [-0.25, -0.2) is 5.43 Å². The summed E-state index contributed by atoms with van der Waals surface area (Å²) in [5.74, 6) is 1.52. The van der Waals surface area contributed by atoms with Gasteiger partial charge in [0.1, 0.15) is 5.75 Å². The molecule has 7 nitrogen and oxygen atoms in total. The summed E-state index contributed by atoms with van der Waals surface area (Å²) in [4.78, 5) is 12.2. The van der Waals surface area contributed by atoms with Crippen molar-refractivity contribution in [3.05, 3.63) is 59.1 Å². The number of carbonyl (C=O) groups excluding carboxylic acids is 1. The number of rotatable bonds is 10. The van der Waals surface area contributed by atoms with Crippen molar-refractivity contribution in [3.8, 4) is 17.1 Å². The first-order valence-electron chi connectivity index (χ1n) is 9.97. The number of thioether (sulfide) groups is 1. The number of hydrogen-bond donors (Lipinski definition) is 1. The summed E-state index contributed by atoms with van der Waals surface area (Å²) in [6.45, 7) is 5.45. The van der Waals surface area contributed by atoms with Crippen molar-refractivity contribution in [3.63, 3.8) is 0 Å². The smallest absolute Gasteiger partial charge is 0.250 e. The van der Waals surface area contributed by atoms with Gasteiger partial charge < -0.3 is 9.30 Å². The Kier molecular flexibility index (Phi) is 8.49. The van der Waals surface area contributed by atoms with Crippen LogP contribution < -0.4 is 10.2 Å². The minimum absolute atomic E-state index is 0.180. The lowest BCUT2D eigenvalue weighted by Crippen LogP contribution is -2.20. The largest absolute Gasteiger partial charge is 0.494 e. The molecule has 0 aliphatic heterocycles. The molecule has 0 saturated heterocycles. The zero-order chi connectivity index (χ0) is 22.1. The lowest BCUT2D eigenvalue weighted by molar-refractivity contribution is -0.118. The first-order chi connectivity index (χ1) is 15.1. The Labute approximate surface area is 190 Å². The second kappa shape index (κ2) is 11.5. The van der Waals surface area contributed by atoms with Crippen LogP contribution in [0.3, 0.4) is 0 Å². The van der Waals surface area contributed by atoms with Gasteiger partial charge in [0, 0.05) is 17.1 Å². The number of amides is 1. The number of hydrazone groups is 1. The number of carbonyl (C=O) groups is 1. The van der Waals surface area contributed by atoms with Gasteiger partial charge in [-0.2, -0.15) is 5.10 Å². The Morgan fingerprint density at radius 1 is 1.16 bits per heavy atom. The highest BCUT2D eigenvalue weighted by Crippen LogP contribution is 2.25. The average Bonchev–Trinajstić information content (AvgIpc) is 3.20. The van der Waals surface area contributed by atoms with Crippen LogP contribution in [0.5, 0.6) is 5.75 Å². The summed E-state index contributed by atoms with van der Waals surface area (Å²) in [7, 11) is 0. The second-order valence-corrected chi connectivity index (χ2v) is 7.94. The molecule has 0 atom stereocenters. The van der Waals surface area contributed by atoms with Gasteiger partial charge in [0.2, 0.25) is 0 Å². The fourth-order valence-corrected chi connectivity index (χ4v) is 3.62. The molecule has 0 unspecified atom stereocenters. The molecule has 1 heterocycles. The van der Waals surface area contributed by atoms with Crippen LogP contribution in [0.1, 0.15) is 25.8 Å². The fraction of sp³-hybridized carbons (Fsp3) is 0.273. The Hall–Kier alpha value is -2.84. The third-order valence-electron chi connectivity index (χ3n) is 4.22. The Morgan fingerprint density at radius 2 is 1.90 bits per heavy atom. The van der Waals surface area contributed by atoms with Gasteiger partial charge in [-0.3, -0.25) is 4.79 Å². The summed E-state index contributed by atoms with van der Waals surface area (Å²) in [6, 6.07) is 15.0. The fourth-order valence-electron chi connectivity index (χ4n) is 2.70. The van der Waals surface area contributed by atoms with E-state index in [1.165, 1.54) is 11.8 Å². The lowest BCUT2D eigenvalue weighted by atomic mass is 10.2. The molecule has 0 fully saturated rings. The molecule has 1 amide bonds. The van der Waals surface area contributed by atoms with Crippen LogP contribution in [-0.2, 0) is 11.3 Å². The number of hydrogen-bond acceptors (Lipinski definition) is 6. The van der Waals surface area contributed by atoms with Crippen LogP contribution in [-0.4, -0.2) is 39.2 Å². The molecule has 2 aromatic carbocycles. The molecule has 3 rings (SSSR count). The summed E-state index contributed by atoms with van der Waals surface area (Å²) < 4.78 is 7.51. The second-order valence-electron chi connectivity index (χ2n) is 6.56. The van der Waals surface area contributed by atoms with Gasteiger partial charge in [0.05, 0.1) is 18.6 Å². The van der Waals surface area contributed by atoms with E-state index < -0.39 is 0 Å². The molecule has 0 spiro atoms. The molecule has 1 aromatic heterocycles. The summed E-state index contributed by atoms with van der Waals surface area (Å²) in [6.07, 6.45) is 2.56. The highest BCUT2D eigenvalue weighted by Gasteiger charge is 2.14. The van der Waals surface area contributed by atoms with Crippen LogP contribution in [0.4, 0.5) is 0 Å². The van der Waals surface area contributed by atoms with Crippen molar-refractivity contribution in [2.24, 2.45) is 5.10 Å². The number of aromatic nitrogens is 3.